The van der Waals surface area contributed by atoms with E-state index >= 15 is 0 Å². The van der Waals surface area contributed by atoms with Gasteiger partial charge < -0.3 is 15.6 Å². The zero-order valence-electron chi connectivity index (χ0n) is 15.2. The van der Waals surface area contributed by atoms with Gasteiger partial charge in [-0.15, -0.1) is 11.3 Å². The number of aromatic nitrogens is 1. The zero-order chi connectivity index (χ0) is 19.9. The molecule has 0 bridgehead atoms. The molecular formula is C21H21N3O3S. The maximum absolute atomic E-state index is 11.8. The third-order valence-electron chi connectivity index (χ3n) is 3.92. The quantitative estimate of drug-likeness (QED) is 0.381. The van der Waals surface area contributed by atoms with Gasteiger partial charge in [0.25, 0.3) is 5.91 Å². The summed E-state index contributed by atoms with van der Waals surface area (Å²) in [5, 5.41) is 13.1. The first-order valence-corrected chi connectivity index (χ1v) is 9.55. The van der Waals surface area contributed by atoms with Gasteiger partial charge in [-0.05, 0) is 42.5 Å². The lowest BCUT2D eigenvalue weighted by molar-refractivity contribution is 0.100. The number of rotatable bonds is 9. The minimum Gasteiger partial charge on any atom is -0.457 e. The third-order valence-corrected chi connectivity index (χ3v) is 5.05. The minimum absolute atomic E-state index is 0.413. The van der Waals surface area contributed by atoms with Crippen LogP contribution in [0.1, 0.15) is 14.7 Å². The van der Waals surface area contributed by atoms with E-state index in [2.05, 4.69) is 16.9 Å². The van der Waals surface area contributed by atoms with Crippen LogP contribution >= 0.6 is 11.3 Å². The second-order valence-corrected chi connectivity index (χ2v) is 7.06. The van der Waals surface area contributed by atoms with E-state index in [4.69, 9.17) is 10.5 Å². The summed E-state index contributed by atoms with van der Waals surface area (Å²) < 4.78 is 5.79. The van der Waals surface area contributed by atoms with E-state index in [1.165, 1.54) is 17.4 Å². The first-order chi connectivity index (χ1) is 13.6. The molecule has 4 N–H and O–H groups in total. The molecule has 1 amide bonds. The average Bonchev–Trinajstić information content (AvgIpc) is 3.14. The predicted molar refractivity (Wildman–Crippen MR) is 110 cm³/mol. The number of aliphatic hydroxyl groups is 1. The maximum atomic E-state index is 11.8. The fourth-order valence-corrected chi connectivity index (χ4v) is 3.49. The Bertz CT molecular complexity index is 939. The van der Waals surface area contributed by atoms with Gasteiger partial charge in [-0.2, -0.15) is 0 Å². The minimum atomic E-state index is -0.771. The number of benzene rings is 2. The number of ether oxygens (including phenoxy) is 1. The predicted octanol–water partition coefficient (Wildman–Crippen LogP) is 3.34. The highest BCUT2D eigenvalue weighted by Crippen LogP contribution is 2.30. The molecule has 0 radical (unpaired) electrons. The van der Waals surface area contributed by atoms with Gasteiger partial charge in [-0.1, -0.05) is 24.8 Å². The molecule has 1 heterocycles. The van der Waals surface area contributed by atoms with Gasteiger partial charge in [-0.25, -0.2) is 4.98 Å². The van der Waals surface area contributed by atoms with Crippen molar-refractivity contribution in [3.8, 4) is 22.8 Å². The standard InChI is InChI=1S/C21H21N3O3S/c1-2-17(25)23-13-12-18-24-19(20(28-18)21(22)26)14-8-10-16(11-9-14)27-15-6-4-3-5-7-15/h2-11,17,23,25H,1,12-13H2,(H2,22,26). The van der Waals surface area contributed by atoms with Gasteiger partial charge in [-0.3, -0.25) is 10.1 Å². The summed E-state index contributed by atoms with van der Waals surface area (Å²) in [6.45, 7) is 4.01. The van der Waals surface area contributed by atoms with Crippen LogP contribution in [0.3, 0.4) is 0 Å². The topological polar surface area (TPSA) is 97.5 Å². The fourth-order valence-electron chi connectivity index (χ4n) is 2.55. The lowest BCUT2D eigenvalue weighted by Gasteiger charge is -2.06. The number of carbonyl (C=O) groups is 1. The first-order valence-electron chi connectivity index (χ1n) is 8.73. The van der Waals surface area contributed by atoms with E-state index in [1.807, 2.05) is 54.6 Å². The van der Waals surface area contributed by atoms with Crippen molar-refractivity contribution < 1.29 is 14.6 Å². The Balaban J connectivity index is 1.76. The molecule has 0 aliphatic heterocycles. The number of hydrogen-bond acceptors (Lipinski definition) is 6. The molecule has 1 atom stereocenters. The molecule has 0 saturated carbocycles. The number of amides is 1. The van der Waals surface area contributed by atoms with E-state index in [-0.39, 0.29) is 0 Å². The summed E-state index contributed by atoms with van der Waals surface area (Å²) in [6.07, 6.45) is 1.19. The Kier molecular flexibility index (Phi) is 6.54. The van der Waals surface area contributed by atoms with Crippen molar-refractivity contribution in [1.82, 2.24) is 10.3 Å². The molecule has 6 nitrogen and oxygen atoms in total. The van der Waals surface area contributed by atoms with Gasteiger partial charge in [0.2, 0.25) is 0 Å². The number of hydrogen-bond donors (Lipinski definition) is 3. The van der Waals surface area contributed by atoms with Crippen LogP contribution in [0.5, 0.6) is 11.5 Å². The van der Waals surface area contributed by atoms with Crippen molar-refractivity contribution >= 4 is 17.2 Å². The van der Waals surface area contributed by atoms with Gasteiger partial charge in [0.15, 0.2) is 0 Å². The second kappa shape index (κ2) is 9.27. The molecule has 3 rings (SSSR count). The van der Waals surface area contributed by atoms with Crippen LogP contribution in [0.2, 0.25) is 0 Å². The van der Waals surface area contributed by atoms with Crippen LogP contribution in [0.4, 0.5) is 0 Å². The van der Waals surface area contributed by atoms with Crippen LogP contribution in [-0.4, -0.2) is 28.8 Å². The summed E-state index contributed by atoms with van der Waals surface area (Å²) in [6, 6.07) is 16.8. The van der Waals surface area contributed by atoms with E-state index in [0.717, 1.165) is 16.3 Å². The van der Waals surface area contributed by atoms with Crippen LogP contribution in [0, 0.1) is 0 Å². The molecule has 0 saturated heterocycles. The molecule has 1 aromatic heterocycles. The van der Waals surface area contributed by atoms with Crippen LogP contribution in [0.25, 0.3) is 11.3 Å². The molecule has 1 unspecified atom stereocenters. The summed E-state index contributed by atoms with van der Waals surface area (Å²) in [4.78, 5) is 16.8. The number of para-hydroxylation sites is 1. The number of thiazole rings is 1. The summed E-state index contributed by atoms with van der Waals surface area (Å²) in [5.41, 5.74) is 6.88. The Labute approximate surface area is 167 Å². The molecule has 3 aromatic rings. The fraction of sp³-hybridized carbons (Fsp3) is 0.143. The smallest absolute Gasteiger partial charge is 0.261 e. The molecule has 28 heavy (non-hydrogen) atoms. The van der Waals surface area contributed by atoms with Crippen molar-refractivity contribution in [2.75, 3.05) is 6.54 Å². The number of nitrogens with one attached hydrogen (secondary N) is 1. The Morgan fingerprint density at radius 1 is 1.21 bits per heavy atom. The SMILES string of the molecule is C=CC(O)NCCc1nc(-c2ccc(Oc3ccccc3)cc2)c(C(N)=O)s1. The molecule has 0 fully saturated rings. The van der Waals surface area contributed by atoms with E-state index < -0.39 is 12.1 Å². The van der Waals surface area contributed by atoms with Crippen LogP contribution in [0.15, 0.2) is 67.3 Å². The Hall–Kier alpha value is -3.00. The molecular weight excluding hydrogens is 374 g/mol. The van der Waals surface area contributed by atoms with Crippen molar-refractivity contribution in [2.24, 2.45) is 5.73 Å². The van der Waals surface area contributed by atoms with Crippen LogP contribution < -0.4 is 15.8 Å². The van der Waals surface area contributed by atoms with E-state index in [1.54, 1.807) is 0 Å². The van der Waals surface area contributed by atoms with Gasteiger partial charge in [0, 0.05) is 18.5 Å². The largest absolute Gasteiger partial charge is 0.457 e. The van der Waals surface area contributed by atoms with Crippen molar-refractivity contribution in [3.05, 3.63) is 77.1 Å². The van der Waals surface area contributed by atoms with E-state index in [9.17, 15) is 9.90 Å². The molecule has 0 aliphatic carbocycles. The third kappa shape index (κ3) is 5.04. The summed E-state index contributed by atoms with van der Waals surface area (Å²) in [5.74, 6) is 0.925. The van der Waals surface area contributed by atoms with Gasteiger partial charge in [0.1, 0.15) is 22.6 Å². The van der Waals surface area contributed by atoms with E-state index in [0.29, 0.717) is 29.3 Å². The normalized spacial score (nSPS) is 11.8. The van der Waals surface area contributed by atoms with Crippen molar-refractivity contribution in [2.45, 2.75) is 12.6 Å². The van der Waals surface area contributed by atoms with Crippen molar-refractivity contribution in [1.29, 1.82) is 0 Å². The van der Waals surface area contributed by atoms with Crippen LogP contribution in [-0.2, 0) is 6.42 Å². The molecule has 0 spiro atoms. The maximum Gasteiger partial charge on any atom is 0.261 e. The number of aliphatic hydroxyl groups excluding tert-OH is 1. The Morgan fingerprint density at radius 3 is 2.54 bits per heavy atom. The monoisotopic (exact) mass is 395 g/mol. The highest BCUT2D eigenvalue weighted by atomic mass is 32.1. The Morgan fingerprint density at radius 2 is 1.89 bits per heavy atom. The molecule has 144 valence electrons. The highest BCUT2D eigenvalue weighted by Gasteiger charge is 2.17. The molecule has 7 heteroatoms. The number of nitrogens with two attached hydrogens (primary N) is 1. The molecule has 0 aliphatic rings. The van der Waals surface area contributed by atoms with Gasteiger partial charge >= 0.3 is 0 Å². The first kappa shape index (κ1) is 19.8. The van der Waals surface area contributed by atoms with Gasteiger partial charge in [0.05, 0.1) is 10.7 Å². The summed E-state index contributed by atoms with van der Waals surface area (Å²) in [7, 11) is 0. The highest BCUT2D eigenvalue weighted by molar-refractivity contribution is 7.14. The number of primary amides is 1. The lowest BCUT2D eigenvalue weighted by Crippen LogP contribution is -2.28. The zero-order valence-corrected chi connectivity index (χ0v) is 16.0. The number of nitrogens with zero attached hydrogens (tertiary/aromatic N) is 1. The number of carbonyl (C=O) groups excluding carboxylic acids is 1. The average molecular weight is 395 g/mol. The van der Waals surface area contributed by atoms with Crippen molar-refractivity contribution in [3.63, 3.8) is 0 Å². The summed E-state index contributed by atoms with van der Waals surface area (Å²) >= 11 is 1.26. The molecule has 2 aromatic carbocycles. The second-order valence-electron chi connectivity index (χ2n) is 5.97. The lowest BCUT2D eigenvalue weighted by atomic mass is 10.1.